The molecule has 122 valence electrons. The molecule has 1 aromatic rings. The van der Waals surface area contributed by atoms with Crippen molar-refractivity contribution in [1.29, 1.82) is 0 Å². The Hall–Kier alpha value is -1.16. The van der Waals surface area contributed by atoms with E-state index in [9.17, 15) is 9.36 Å². The number of carbonyl (C=O) groups excluding carboxylic acids is 1. The highest BCUT2D eigenvalue weighted by Crippen LogP contribution is 2.41. The van der Waals surface area contributed by atoms with Gasteiger partial charge in [-0.05, 0) is 32.4 Å². The maximum absolute atomic E-state index is 12.3. The lowest BCUT2D eigenvalue weighted by atomic mass is 9.96. The number of halogens is 1. The third-order valence-corrected chi connectivity index (χ3v) is 5.05. The van der Waals surface area contributed by atoms with E-state index in [2.05, 4.69) is 0 Å². The standard InChI is InChI=1S/C15H22ClNO4P/c1-4-6-12-15(3,14(18)20-5-2)17(16)22(19)21-13-10-8-7-9-11-13/h7-11H,4-6,12H2,1-3H3/q+1/t15-/m0/s1. The Labute approximate surface area is 137 Å². The molecule has 0 radical (unpaired) electrons. The number of esters is 1. The lowest BCUT2D eigenvalue weighted by Crippen LogP contribution is -2.46. The average molecular weight is 347 g/mol. The van der Waals surface area contributed by atoms with Crippen LogP contribution in [0.5, 0.6) is 5.75 Å². The first-order chi connectivity index (χ1) is 10.5. The van der Waals surface area contributed by atoms with E-state index in [-0.39, 0.29) is 6.61 Å². The van der Waals surface area contributed by atoms with E-state index in [0.717, 1.165) is 17.0 Å². The van der Waals surface area contributed by atoms with Crippen LogP contribution in [-0.2, 0) is 14.1 Å². The Bertz CT molecular complexity index is 500. The molecule has 0 aromatic heterocycles. The molecule has 0 N–H and O–H groups in total. The van der Waals surface area contributed by atoms with E-state index < -0.39 is 19.7 Å². The molecule has 5 nitrogen and oxygen atoms in total. The summed E-state index contributed by atoms with van der Waals surface area (Å²) in [7, 11) is -2.42. The minimum atomic E-state index is -2.42. The lowest BCUT2D eigenvalue weighted by molar-refractivity contribution is -0.152. The fourth-order valence-electron chi connectivity index (χ4n) is 1.86. The molecule has 22 heavy (non-hydrogen) atoms. The van der Waals surface area contributed by atoms with Gasteiger partial charge in [-0.3, -0.25) is 0 Å². The van der Waals surface area contributed by atoms with Crippen molar-refractivity contribution in [3.8, 4) is 5.75 Å². The Kier molecular flexibility index (Phi) is 7.80. The SMILES string of the molecule is CCCC[C@@](C)(C(=O)OCC)N(Cl)[P+](=O)Oc1ccccc1. The summed E-state index contributed by atoms with van der Waals surface area (Å²) in [6.07, 6.45) is 2.08. The number of unbranched alkanes of at least 4 members (excludes halogenated alkanes) is 1. The summed E-state index contributed by atoms with van der Waals surface area (Å²) in [6, 6.07) is 8.69. The Morgan fingerprint density at radius 1 is 1.32 bits per heavy atom. The van der Waals surface area contributed by atoms with Gasteiger partial charge >= 0.3 is 14.1 Å². The number of rotatable bonds is 9. The van der Waals surface area contributed by atoms with Gasteiger partial charge in [-0.15, -0.1) is 0 Å². The number of carbonyl (C=O) groups is 1. The maximum Gasteiger partial charge on any atom is 0.683 e. The number of hydrogen-bond donors (Lipinski definition) is 0. The zero-order valence-corrected chi connectivity index (χ0v) is 14.8. The molecule has 0 heterocycles. The zero-order valence-electron chi connectivity index (χ0n) is 13.1. The second-order valence-electron chi connectivity index (χ2n) is 5.00. The highest BCUT2D eigenvalue weighted by atomic mass is 35.5. The predicted molar refractivity (Wildman–Crippen MR) is 86.9 cm³/mol. The van der Waals surface area contributed by atoms with Gasteiger partial charge in [0, 0.05) is 20.5 Å². The third kappa shape index (κ3) is 4.94. The molecule has 0 saturated carbocycles. The fourth-order valence-corrected chi connectivity index (χ4v) is 3.03. The van der Waals surface area contributed by atoms with Crippen LogP contribution >= 0.6 is 20.0 Å². The van der Waals surface area contributed by atoms with Crippen LogP contribution in [-0.4, -0.2) is 22.3 Å². The van der Waals surface area contributed by atoms with Crippen LogP contribution in [0.25, 0.3) is 0 Å². The summed E-state index contributed by atoms with van der Waals surface area (Å²) in [5.41, 5.74) is -1.20. The van der Waals surface area contributed by atoms with E-state index in [1.807, 2.05) is 13.0 Å². The van der Waals surface area contributed by atoms with Gasteiger partial charge in [0.15, 0.2) is 11.3 Å². The van der Waals surface area contributed by atoms with Gasteiger partial charge in [0.2, 0.25) is 0 Å². The van der Waals surface area contributed by atoms with Crippen molar-refractivity contribution < 1.29 is 18.6 Å². The molecule has 0 fully saturated rings. The summed E-state index contributed by atoms with van der Waals surface area (Å²) < 4.78 is 23.7. The van der Waals surface area contributed by atoms with E-state index in [1.54, 1.807) is 38.1 Å². The van der Waals surface area contributed by atoms with E-state index in [4.69, 9.17) is 21.0 Å². The molecule has 0 saturated heterocycles. The molecule has 0 aliphatic heterocycles. The van der Waals surface area contributed by atoms with Gasteiger partial charge in [0.05, 0.1) is 6.61 Å². The van der Waals surface area contributed by atoms with Crippen LogP contribution in [0, 0.1) is 0 Å². The van der Waals surface area contributed by atoms with Crippen LogP contribution in [0.2, 0.25) is 0 Å². The number of ether oxygens (including phenoxy) is 1. The van der Waals surface area contributed by atoms with Crippen molar-refractivity contribution in [3.63, 3.8) is 0 Å². The molecule has 0 amide bonds. The Balaban J connectivity index is 2.88. The molecule has 0 aliphatic rings. The van der Waals surface area contributed by atoms with Crippen LogP contribution in [0.1, 0.15) is 40.0 Å². The number of hydrogen-bond acceptors (Lipinski definition) is 4. The van der Waals surface area contributed by atoms with Crippen LogP contribution in [0.4, 0.5) is 0 Å². The molecule has 7 heteroatoms. The zero-order chi connectivity index (χ0) is 16.6. The molecular formula is C15H22ClNO4P+. The quantitative estimate of drug-likeness (QED) is 0.369. The minimum absolute atomic E-state index is 0.238. The average Bonchev–Trinajstić information content (AvgIpc) is 2.53. The van der Waals surface area contributed by atoms with Gasteiger partial charge in [-0.1, -0.05) is 38.0 Å². The lowest BCUT2D eigenvalue weighted by Gasteiger charge is -2.26. The van der Waals surface area contributed by atoms with Crippen LogP contribution in [0.3, 0.4) is 0 Å². The van der Waals surface area contributed by atoms with Gasteiger partial charge in [0.25, 0.3) is 0 Å². The first-order valence-electron chi connectivity index (χ1n) is 7.29. The number of benzene rings is 1. The van der Waals surface area contributed by atoms with Crippen molar-refractivity contribution in [2.45, 2.75) is 45.6 Å². The first-order valence-corrected chi connectivity index (χ1v) is 8.76. The monoisotopic (exact) mass is 346 g/mol. The number of para-hydroxylation sites is 1. The van der Waals surface area contributed by atoms with Crippen molar-refractivity contribution in [2.24, 2.45) is 0 Å². The summed E-state index contributed by atoms with van der Waals surface area (Å²) in [4.78, 5) is 12.2. The first kappa shape index (κ1) is 18.9. The molecule has 1 unspecified atom stereocenters. The molecule has 1 aromatic carbocycles. The van der Waals surface area contributed by atoms with E-state index in [1.165, 1.54) is 0 Å². The largest absolute Gasteiger partial charge is 0.683 e. The Morgan fingerprint density at radius 3 is 2.50 bits per heavy atom. The van der Waals surface area contributed by atoms with Crippen molar-refractivity contribution >= 4 is 25.9 Å². The van der Waals surface area contributed by atoms with E-state index in [0.29, 0.717) is 12.2 Å². The van der Waals surface area contributed by atoms with Crippen molar-refractivity contribution in [2.75, 3.05) is 6.61 Å². The van der Waals surface area contributed by atoms with Crippen LogP contribution < -0.4 is 4.52 Å². The van der Waals surface area contributed by atoms with Gasteiger partial charge in [-0.2, -0.15) is 0 Å². The maximum atomic E-state index is 12.3. The molecular weight excluding hydrogens is 325 g/mol. The smallest absolute Gasteiger partial charge is 0.464 e. The molecule has 2 atom stereocenters. The van der Waals surface area contributed by atoms with Crippen LogP contribution in [0.15, 0.2) is 30.3 Å². The summed E-state index contributed by atoms with van der Waals surface area (Å²) in [6.45, 7) is 5.58. The predicted octanol–water partition coefficient (Wildman–Crippen LogP) is 4.69. The van der Waals surface area contributed by atoms with Gasteiger partial charge in [0.1, 0.15) is 0 Å². The minimum Gasteiger partial charge on any atom is -0.464 e. The second kappa shape index (κ2) is 9.09. The summed E-state index contributed by atoms with van der Waals surface area (Å²) in [5.74, 6) is -0.0746. The van der Waals surface area contributed by atoms with Crippen molar-refractivity contribution in [1.82, 2.24) is 4.19 Å². The topological polar surface area (TPSA) is 55.8 Å². The molecule has 0 bridgehead atoms. The van der Waals surface area contributed by atoms with Gasteiger partial charge < -0.3 is 4.74 Å². The molecule has 0 aliphatic carbocycles. The molecule has 0 spiro atoms. The highest BCUT2D eigenvalue weighted by molar-refractivity contribution is 7.38. The summed E-state index contributed by atoms with van der Waals surface area (Å²) >= 11 is 6.18. The highest BCUT2D eigenvalue weighted by Gasteiger charge is 2.52. The van der Waals surface area contributed by atoms with Gasteiger partial charge in [-0.25, -0.2) is 9.32 Å². The third-order valence-electron chi connectivity index (χ3n) is 3.21. The van der Waals surface area contributed by atoms with Crippen molar-refractivity contribution in [3.05, 3.63) is 30.3 Å². The summed E-state index contributed by atoms with van der Waals surface area (Å²) in [5, 5.41) is 0. The normalized spacial score (nSPS) is 14.3. The van der Waals surface area contributed by atoms with E-state index >= 15 is 0 Å². The number of nitrogens with zero attached hydrogens (tertiary/aromatic N) is 1. The second-order valence-corrected chi connectivity index (χ2v) is 6.63. The fraction of sp³-hybridized carbons (Fsp3) is 0.533. The molecule has 1 rings (SSSR count). The Morgan fingerprint density at radius 2 is 1.95 bits per heavy atom.